The Kier molecular flexibility index (Phi) is 12.3. The first-order valence-corrected chi connectivity index (χ1v) is 16.0. The fourth-order valence-electron chi connectivity index (χ4n) is 4.56. The van der Waals surface area contributed by atoms with Gasteiger partial charge in [0, 0.05) is 6.04 Å². The third-order valence-electron chi connectivity index (χ3n) is 6.61. The lowest BCUT2D eigenvalue weighted by Gasteiger charge is -2.20. The summed E-state index contributed by atoms with van der Waals surface area (Å²) in [6.45, 7) is 1.12. The molecular formula is C24H35ClN5O13P. The van der Waals surface area contributed by atoms with E-state index in [0.29, 0.717) is 11.3 Å². The van der Waals surface area contributed by atoms with Gasteiger partial charge in [0.15, 0.2) is 23.2 Å². The van der Waals surface area contributed by atoms with Crippen molar-refractivity contribution >= 4 is 48.5 Å². The number of aliphatic hydroxyl groups is 2. The van der Waals surface area contributed by atoms with Crippen molar-refractivity contribution in [1.82, 2.24) is 19.5 Å². The highest BCUT2D eigenvalue weighted by Gasteiger charge is 2.45. The molecule has 18 nitrogen and oxygen atoms in total. The van der Waals surface area contributed by atoms with Gasteiger partial charge in [0.05, 0.1) is 26.1 Å². The van der Waals surface area contributed by atoms with Gasteiger partial charge in [0.2, 0.25) is 18.9 Å². The Morgan fingerprint density at radius 3 is 2.30 bits per heavy atom. The van der Waals surface area contributed by atoms with Crippen molar-refractivity contribution in [2.75, 3.05) is 45.1 Å². The van der Waals surface area contributed by atoms with Gasteiger partial charge in [-0.2, -0.15) is 9.97 Å². The van der Waals surface area contributed by atoms with Crippen LogP contribution in [-0.4, -0.2) is 106 Å². The van der Waals surface area contributed by atoms with Crippen molar-refractivity contribution in [3.63, 3.8) is 0 Å². The number of nitrogens with zero attached hydrogens (tertiary/aromatic N) is 4. The van der Waals surface area contributed by atoms with Crippen LogP contribution in [0.4, 0.5) is 15.4 Å². The van der Waals surface area contributed by atoms with Crippen LogP contribution in [0.3, 0.4) is 0 Å². The van der Waals surface area contributed by atoms with Gasteiger partial charge in [0.25, 0.3) is 0 Å². The first-order chi connectivity index (χ1) is 21.1. The number of nitrogens with one attached hydrogen (secondary N) is 1. The molecule has 4 rings (SSSR count). The van der Waals surface area contributed by atoms with Crippen molar-refractivity contribution in [3.05, 3.63) is 11.6 Å². The van der Waals surface area contributed by atoms with E-state index < -0.39 is 64.4 Å². The molecule has 0 unspecified atom stereocenters. The van der Waals surface area contributed by atoms with E-state index in [0.717, 1.165) is 25.7 Å². The SMILES string of the molecule is CCOC(=O)OCOP(=O)(COC[C@H]1O[C@@H](n2cnc3c(NC4CCCC4)nc(Cl)nc32)[C@H](O)[C@@H]1O)OCOC(=O)OCC. The number of anilines is 1. The van der Waals surface area contributed by atoms with Crippen LogP contribution in [0.15, 0.2) is 6.33 Å². The summed E-state index contributed by atoms with van der Waals surface area (Å²) in [6, 6.07) is 0.225. The van der Waals surface area contributed by atoms with Gasteiger partial charge in [-0.15, -0.1) is 0 Å². The van der Waals surface area contributed by atoms with E-state index in [1.165, 1.54) is 10.9 Å². The molecule has 0 spiro atoms. The molecule has 1 saturated heterocycles. The van der Waals surface area contributed by atoms with Gasteiger partial charge < -0.3 is 44.0 Å². The fraction of sp³-hybridized carbons (Fsp3) is 0.708. The first-order valence-electron chi connectivity index (χ1n) is 13.9. The predicted molar refractivity (Wildman–Crippen MR) is 149 cm³/mol. The molecular weight excluding hydrogens is 633 g/mol. The highest BCUT2D eigenvalue weighted by atomic mass is 35.5. The number of carbonyl (C=O) groups excluding carboxylic acids is 2. The molecule has 44 heavy (non-hydrogen) atoms. The zero-order valence-electron chi connectivity index (χ0n) is 24.0. The number of rotatable bonds is 15. The Balaban J connectivity index is 1.38. The molecule has 0 radical (unpaired) electrons. The van der Waals surface area contributed by atoms with Crippen molar-refractivity contribution in [3.8, 4) is 0 Å². The van der Waals surface area contributed by atoms with E-state index in [1.807, 2.05) is 0 Å². The molecule has 0 bridgehead atoms. The number of imidazole rings is 1. The summed E-state index contributed by atoms with van der Waals surface area (Å²) in [5.41, 5.74) is 0.689. The number of hydrogen-bond acceptors (Lipinski definition) is 17. The minimum Gasteiger partial charge on any atom is -0.435 e. The normalized spacial score (nSPS) is 22.3. The maximum absolute atomic E-state index is 13.2. The number of ether oxygens (including phenoxy) is 6. The van der Waals surface area contributed by atoms with Gasteiger partial charge in [-0.1, -0.05) is 12.8 Å². The highest BCUT2D eigenvalue weighted by Crippen LogP contribution is 2.48. The lowest BCUT2D eigenvalue weighted by Crippen LogP contribution is -2.34. The van der Waals surface area contributed by atoms with Gasteiger partial charge in [-0.3, -0.25) is 18.2 Å². The van der Waals surface area contributed by atoms with E-state index in [2.05, 4.69) is 39.2 Å². The molecule has 246 valence electrons. The van der Waals surface area contributed by atoms with Crippen LogP contribution in [0.1, 0.15) is 45.8 Å². The number of aliphatic hydroxyl groups excluding tert-OH is 2. The Bertz CT molecular complexity index is 1280. The van der Waals surface area contributed by atoms with E-state index >= 15 is 0 Å². The summed E-state index contributed by atoms with van der Waals surface area (Å²) in [4.78, 5) is 35.7. The summed E-state index contributed by atoms with van der Waals surface area (Å²) in [5.74, 6) is 0.452. The van der Waals surface area contributed by atoms with Crippen molar-refractivity contribution in [2.24, 2.45) is 0 Å². The number of halogens is 1. The maximum atomic E-state index is 13.2. The Morgan fingerprint density at radius 2 is 1.68 bits per heavy atom. The van der Waals surface area contributed by atoms with Crippen LogP contribution in [0.2, 0.25) is 5.28 Å². The van der Waals surface area contributed by atoms with Crippen LogP contribution in [0.25, 0.3) is 11.2 Å². The highest BCUT2D eigenvalue weighted by molar-refractivity contribution is 7.53. The molecule has 0 amide bonds. The van der Waals surface area contributed by atoms with Crippen LogP contribution in [0.5, 0.6) is 0 Å². The van der Waals surface area contributed by atoms with E-state index in [9.17, 15) is 24.4 Å². The molecule has 2 aliphatic rings. The topological polar surface area (TPSA) is 221 Å². The molecule has 1 aliphatic heterocycles. The van der Waals surface area contributed by atoms with Crippen molar-refractivity contribution in [1.29, 1.82) is 0 Å². The number of carbonyl (C=O) groups is 2. The van der Waals surface area contributed by atoms with Crippen LogP contribution < -0.4 is 5.32 Å². The molecule has 4 atom stereocenters. The molecule has 0 aromatic carbocycles. The van der Waals surface area contributed by atoms with Crippen LogP contribution >= 0.6 is 19.2 Å². The second-order valence-corrected chi connectivity index (χ2v) is 11.9. The Hall–Kier alpha value is -2.83. The second-order valence-electron chi connectivity index (χ2n) is 9.60. The molecule has 3 N–H and O–H groups in total. The molecule has 1 aliphatic carbocycles. The van der Waals surface area contributed by atoms with E-state index in [1.54, 1.807) is 13.8 Å². The zero-order valence-corrected chi connectivity index (χ0v) is 25.7. The largest absolute Gasteiger partial charge is 0.510 e. The molecule has 3 heterocycles. The minimum absolute atomic E-state index is 0.0351. The van der Waals surface area contributed by atoms with Crippen LogP contribution in [0, 0.1) is 0 Å². The lowest BCUT2D eigenvalue weighted by atomic mass is 10.1. The van der Waals surface area contributed by atoms with Crippen molar-refractivity contribution < 1.29 is 61.8 Å². The molecule has 2 fully saturated rings. The van der Waals surface area contributed by atoms with E-state index in [-0.39, 0.29) is 36.8 Å². The zero-order chi connectivity index (χ0) is 31.7. The maximum Gasteiger partial charge on any atom is 0.510 e. The third kappa shape index (κ3) is 8.88. The number of aromatic nitrogens is 4. The lowest BCUT2D eigenvalue weighted by molar-refractivity contribution is -0.0647. The molecule has 1 saturated carbocycles. The fourth-order valence-corrected chi connectivity index (χ4v) is 5.70. The average molecular weight is 668 g/mol. The van der Waals surface area contributed by atoms with Gasteiger partial charge >= 0.3 is 19.9 Å². The van der Waals surface area contributed by atoms with Gasteiger partial charge in [-0.25, -0.2) is 14.6 Å². The predicted octanol–water partition coefficient (Wildman–Crippen LogP) is 2.92. The standard InChI is InChI=1S/C24H35ClN5O13P/c1-3-37-23(33)39-11-41-44(35,42-12-40-24(34)38-4-2)13-36-9-15-17(31)18(32)21(43-15)30-10-26-16-19(27-14-7-5-6-8-14)28-22(25)29-20(16)30/h10,14-15,17-18,21,31-32H,3-9,11-13H2,1-2H3,(H,27,28,29)/t15-,17-,18-,21-/m1/s1. The number of hydrogen-bond donors (Lipinski definition) is 3. The Morgan fingerprint density at radius 1 is 1.05 bits per heavy atom. The van der Waals surface area contributed by atoms with Gasteiger partial charge in [-0.05, 0) is 38.3 Å². The molecule has 2 aromatic heterocycles. The summed E-state index contributed by atoms with van der Waals surface area (Å²) in [7, 11) is -4.22. The summed E-state index contributed by atoms with van der Waals surface area (Å²) < 4.78 is 54.5. The average Bonchev–Trinajstić information content (AvgIpc) is 3.70. The number of fused-ring (bicyclic) bond motifs is 1. The van der Waals surface area contributed by atoms with Crippen molar-refractivity contribution in [2.45, 2.75) is 70.1 Å². The summed E-state index contributed by atoms with van der Waals surface area (Å²) >= 11 is 6.19. The quantitative estimate of drug-likeness (QED) is 0.107. The minimum atomic E-state index is -4.22. The summed E-state index contributed by atoms with van der Waals surface area (Å²) in [6.07, 6.45) is -2.44. The Labute approximate surface area is 256 Å². The van der Waals surface area contributed by atoms with Gasteiger partial charge in [0.1, 0.15) is 24.7 Å². The van der Waals surface area contributed by atoms with Crippen LogP contribution in [-0.2, 0) is 42.0 Å². The third-order valence-corrected chi connectivity index (χ3v) is 8.28. The monoisotopic (exact) mass is 667 g/mol. The first kappa shape index (κ1) is 34.1. The molecule has 2 aromatic rings. The van der Waals surface area contributed by atoms with E-state index in [4.69, 9.17) is 30.1 Å². The second kappa shape index (κ2) is 15.9. The smallest absolute Gasteiger partial charge is 0.435 e. The summed E-state index contributed by atoms with van der Waals surface area (Å²) in [5, 5.41) is 24.8. The molecule has 20 heteroatoms.